The molecule has 0 atom stereocenters. The number of aromatic nitrogens is 2. The van der Waals surface area contributed by atoms with E-state index >= 15 is 0 Å². The molecule has 0 aliphatic carbocycles. The molecule has 1 N–H and O–H groups in total. The van der Waals surface area contributed by atoms with E-state index in [4.69, 9.17) is 4.42 Å². The second-order valence-corrected chi connectivity index (χ2v) is 9.03. The number of hydrogen-bond acceptors (Lipinski definition) is 7. The van der Waals surface area contributed by atoms with Crippen LogP contribution < -0.4 is 15.1 Å². The van der Waals surface area contributed by atoms with Crippen molar-refractivity contribution in [3.8, 4) is 0 Å². The van der Waals surface area contributed by atoms with E-state index in [1.807, 2.05) is 24.8 Å². The first kappa shape index (κ1) is 24.9. The van der Waals surface area contributed by atoms with Gasteiger partial charge in [-0.15, -0.1) is 0 Å². The van der Waals surface area contributed by atoms with Crippen molar-refractivity contribution in [2.24, 2.45) is 0 Å². The Morgan fingerprint density at radius 3 is 2.54 bits per heavy atom. The maximum absolute atomic E-state index is 13.1. The largest absolute Gasteiger partial charge is 0.455 e. The molecule has 1 aliphatic rings. The first-order chi connectivity index (χ1) is 16.7. The highest BCUT2D eigenvalue weighted by molar-refractivity contribution is 7.98. The molecular weight excluding hydrogens is 479 g/mol. The Balaban J connectivity index is 1.38. The second-order valence-electron chi connectivity index (χ2n) is 8.09. The van der Waals surface area contributed by atoms with Gasteiger partial charge in [-0.3, -0.25) is 4.79 Å². The minimum atomic E-state index is -4.36. The summed E-state index contributed by atoms with van der Waals surface area (Å²) in [5, 5.41) is 3.29. The summed E-state index contributed by atoms with van der Waals surface area (Å²) < 4.78 is 44.8. The van der Waals surface area contributed by atoms with E-state index in [2.05, 4.69) is 20.2 Å². The number of rotatable bonds is 7. The van der Waals surface area contributed by atoms with Crippen molar-refractivity contribution in [2.45, 2.75) is 30.9 Å². The monoisotopic (exact) mass is 505 g/mol. The Kier molecular flexibility index (Phi) is 7.54. The molecule has 4 rings (SSSR count). The predicted octanol–water partition coefficient (Wildman–Crippen LogP) is 4.77. The molecule has 0 bridgehead atoms. The standard InChI is InChI=1S/C24H26F3N5O2S/c1-3-28-22(33)20-8-7-19(34-20)15-35-23-29-16(2)13-21(30-23)32-11-9-31(10-12-32)18-6-4-5-17(14-18)24(25,26)27/h4-8,13-14H,3,9-12,15H2,1-2H3,(H,28,33). The average Bonchev–Trinajstić information content (AvgIpc) is 3.32. The molecule has 1 amide bonds. The number of hydrogen-bond donors (Lipinski definition) is 1. The number of alkyl halides is 3. The van der Waals surface area contributed by atoms with Crippen LogP contribution in [0.15, 0.2) is 52.0 Å². The summed E-state index contributed by atoms with van der Waals surface area (Å²) >= 11 is 1.41. The van der Waals surface area contributed by atoms with Gasteiger partial charge in [0.1, 0.15) is 11.6 Å². The molecule has 1 fully saturated rings. The van der Waals surface area contributed by atoms with E-state index in [1.165, 1.54) is 23.9 Å². The van der Waals surface area contributed by atoms with Crippen LogP contribution in [0.25, 0.3) is 0 Å². The van der Waals surface area contributed by atoms with E-state index in [0.29, 0.717) is 55.1 Å². The molecule has 35 heavy (non-hydrogen) atoms. The number of thioether (sulfide) groups is 1. The van der Waals surface area contributed by atoms with E-state index in [9.17, 15) is 18.0 Å². The Morgan fingerprint density at radius 1 is 1.09 bits per heavy atom. The summed E-state index contributed by atoms with van der Waals surface area (Å²) in [5.41, 5.74) is 0.750. The minimum absolute atomic E-state index is 0.248. The van der Waals surface area contributed by atoms with E-state index < -0.39 is 11.7 Å². The third kappa shape index (κ3) is 6.27. The molecule has 0 spiro atoms. The van der Waals surface area contributed by atoms with Crippen molar-refractivity contribution in [2.75, 3.05) is 42.5 Å². The lowest BCUT2D eigenvalue weighted by molar-refractivity contribution is -0.137. The zero-order chi connectivity index (χ0) is 25.0. The van der Waals surface area contributed by atoms with Crippen molar-refractivity contribution in [1.29, 1.82) is 0 Å². The molecule has 0 radical (unpaired) electrons. The van der Waals surface area contributed by atoms with Crippen molar-refractivity contribution >= 4 is 29.2 Å². The lowest BCUT2D eigenvalue weighted by Gasteiger charge is -2.37. The van der Waals surface area contributed by atoms with Gasteiger partial charge in [-0.1, -0.05) is 17.8 Å². The highest BCUT2D eigenvalue weighted by Crippen LogP contribution is 2.32. The van der Waals surface area contributed by atoms with Gasteiger partial charge >= 0.3 is 6.18 Å². The van der Waals surface area contributed by atoms with Gasteiger partial charge in [0.2, 0.25) is 0 Å². The molecule has 3 heterocycles. The van der Waals surface area contributed by atoms with Crippen LogP contribution >= 0.6 is 11.8 Å². The number of halogens is 3. The number of nitrogens with one attached hydrogen (secondary N) is 1. The third-order valence-electron chi connectivity index (χ3n) is 5.53. The first-order valence-electron chi connectivity index (χ1n) is 11.3. The molecule has 0 saturated carbocycles. The highest BCUT2D eigenvalue weighted by Gasteiger charge is 2.31. The van der Waals surface area contributed by atoms with Gasteiger partial charge in [-0.25, -0.2) is 9.97 Å². The van der Waals surface area contributed by atoms with Crippen LogP contribution in [-0.4, -0.2) is 48.6 Å². The zero-order valence-electron chi connectivity index (χ0n) is 19.4. The summed E-state index contributed by atoms with van der Waals surface area (Å²) in [4.78, 5) is 25.1. The SMILES string of the molecule is CCNC(=O)c1ccc(CSc2nc(C)cc(N3CCN(c4cccc(C(F)(F)F)c4)CC3)n2)o1. The maximum Gasteiger partial charge on any atom is 0.416 e. The lowest BCUT2D eigenvalue weighted by Crippen LogP contribution is -2.47. The molecular formula is C24H26F3N5O2S. The fraction of sp³-hybridized carbons (Fsp3) is 0.375. The third-order valence-corrected chi connectivity index (χ3v) is 6.40. The normalized spacial score (nSPS) is 14.3. The van der Waals surface area contributed by atoms with E-state index in [-0.39, 0.29) is 11.7 Å². The number of benzene rings is 1. The lowest BCUT2D eigenvalue weighted by atomic mass is 10.1. The van der Waals surface area contributed by atoms with Gasteiger partial charge in [0.15, 0.2) is 10.9 Å². The molecule has 1 aromatic carbocycles. The van der Waals surface area contributed by atoms with Crippen LogP contribution in [0.1, 0.15) is 34.5 Å². The average molecular weight is 506 g/mol. The number of carbonyl (C=O) groups excluding carboxylic acids is 1. The highest BCUT2D eigenvalue weighted by atomic mass is 32.2. The summed E-state index contributed by atoms with van der Waals surface area (Å²) in [6.07, 6.45) is -4.36. The van der Waals surface area contributed by atoms with E-state index in [0.717, 1.165) is 17.6 Å². The molecule has 1 saturated heterocycles. The molecule has 186 valence electrons. The Bertz CT molecular complexity index is 1180. The molecule has 11 heteroatoms. The van der Waals surface area contributed by atoms with Gasteiger partial charge in [0.05, 0.1) is 11.3 Å². The maximum atomic E-state index is 13.1. The number of anilines is 2. The van der Waals surface area contributed by atoms with Crippen LogP contribution in [-0.2, 0) is 11.9 Å². The number of aryl methyl sites for hydroxylation is 1. The topological polar surface area (TPSA) is 74.5 Å². The summed E-state index contributed by atoms with van der Waals surface area (Å²) in [5.74, 6) is 1.93. The van der Waals surface area contributed by atoms with Crippen LogP contribution in [0.5, 0.6) is 0 Å². The van der Waals surface area contributed by atoms with Crippen LogP contribution in [0.3, 0.4) is 0 Å². The van der Waals surface area contributed by atoms with Crippen LogP contribution in [0.2, 0.25) is 0 Å². The predicted molar refractivity (Wildman–Crippen MR) is 129 cm³/mol. The minimum Gasteiger partial charge on any atom is -0.455 e. The van der Waals surface area contributed by atoms with Crippen LogP contribution in [0, 0.1) is 6.92 Å². The number of amides is 1. The van der Waals surface area contributed by atoms with Gasteiger partial charge in [0, 0.05) is 50.2 Å². The first-order valence-corrected chi connectivity index (χ1v) is 12.2. The van der Waals surface area contributed by atoms with Gasteiger partial charge in [0.25, 0.3) is 5.91 Å². The number of furan rings is 1. The Labute approximate surface area is 205 Å². The summed E-state index contributed by atoms with van der Waals surface area (Å²) in [7, 11) is 0. The van der Waals surface area contributed by atoms with Crippen LogP contribution in [0.4, 0.5) is 24.7 Å². The molecule has 3 aromatic rings. The fourth-order valence-corrected chi connectivity index (χ4v) is 4.58. The summed E-state index contributed by atoms with van der Waals surface area (Å²) in [6.45, 7) is 6.70. The zero-order valence-corrected chi connectivity index (χ0v) is 20.2. The number of nitrogens with zero attached hydrogens (tertiary/aromatic N) is 4. The Hall–Kier alpha value is -3.21. The second kappa shape index (κ2) is 10.6. The smallest absolute Gasteiger partial charge is 0.416 e. The molecule has 2 aromatic heterocycles. The Morgan fingerprint density at radius 2 is 1.83 bits per heavy atom. The van der Waals surface area contributed by atoms with Crippen molar-refractivity contribution < 1.29 is 22.4 Å². The van der Waals surface area contributed by atoms with Crippen molar-refractivity contribution in [3.63, 3.8) is 0 Å². The van der Waals surface area contributed by atoms with Gasteiger partial charge in [-0.2, -0.15) is 13.2 Å². The van der Waals surface area contributed by atoms with Gasteiger partial charge < -0.3 is 19.5 Å². The summed E-state index contributed by atoms with van der Waals surface area (Å²) in [6, 6.07) is 10.8. The fourth-order valence-electron chi connectivity index (χ4n) is 3.79. The quantitative estimate of drug-likeness (QED) is 0.366. The number of carbonyl (C=O) groups is 1. The van der Waals surface area contributed by atoms with E-state index in [1.54, 1.807) is 18.2 Å². The number of piperazine rings is 1. The van der Waals surface area contributed by atoms with Gasteiger partial charge in [-0.05, 0) is 44.2 Å². The van der Waals surface area contributed by atoms with Crippen molar-refractivity contribution in [1.82, 2.24) is 15.3 Å². The molecule has 7 nitrogen and oxygen atoms in total. The molecule has 0 unspecified atom stereocenters. The molecule has 1 aliphatic heterocycles. The van der Waals surface area contributed by atoms with Crippen molar-refractivity contribution in [3.05, 3.63) is 65.2 Å².